The predicted octanol–water partition coefficient (Wildman–Crippen LogP) is 3.74. The first kappa shape index (κ1) is 16.3. The number of furan rings is 1. The van der Waals surface area contributed by atoms with Crippen LogP contribution in [0.3, 0.4) is 0 Å². The Hall–Kier alpha value is -1.03. The van der Waals surface area contributed by atoms with Crippen LogP contribution >= 0.6 is 12.4 Å². The Morgan fingerprint density at radius 3 is 2.90 bits per heavy atom. The van der Waals surface area contributed by atoms with Gasteiger partial charge in [-0.3, -0.25) is 4.90 Å². The Morgan fingerprint density at radius 2 is 2.05 bits per heavy atom. The number of hydrogen-bond donors (Lipinski definition) is 1. The lowest BCUT2D eigenvalue weighted by Gasteiger charge is -2.26. The molecule has 1 N–H and O–H groups in total. The SMILES string of the molecule is Cc1oc2ccccc2c1CN(C)C1CCCNCC1.Cl. The van der Waals surface area contributed by atoms with E-state index < -0.39 is 0 Å². The van der Waals surface area contributed by atoms with Gasteiger partial charge in [0.1, 0.15) is 11.3 Å². The monoisotopic (exact) mass is 308 g/mol. The minimum atomic E-state index is 0. The molecule has 1 atom stereocenters. The average Bonchev–Trinajstić information content (AvgIpc) is 2.66. The average molecular weight is 309 g/mol. The fraction of sp³-hybridized carbons (Fsp3) is 0.529. The number of fused-ring (bicyclic) bond motifs is 1. The summed E-state index contributed by atoms with van der Waals surface area (Å²) in [5.74, 6) is 1.06. The van der Waals surface area contributed by atoms with Gasteiger partial charge < -0.3 is 9.73 Å². The van der Waals surface area contributed by atoms with E-state index in [0.29, 0.717) is 6.04 Å². The second kappa shape index (κ2) is 7.30. The third-order valence-corrected chi connectivity index (χ3v) is 4.48. The van der Waals surface area contributed by atoms with E-state index in [0.717, 1.165) is 31.0 Å². The van der Waals surface area contributed by atoms with Gasteiger partial charge in [-0.2, -0.15) is 0 Å². The molecule has 3 rings (SSSR count). The van der Waals surface area contributed by atoms with Crippen LogP contribution < -0.4 is 5.32 Å². The normalized spacial score (nSPS) is 19.5. The summed E-state index contributed by atoms with van der Waals surface area (Å²) in [4.78, 5) is 2.50. The fourth-order valence-corrected chi connectivity index (χ4v) is 3.24. The molecular formula is C17H25ClN2O. The standard InChI is InChI=1S/C17H24N2O.ClH/c1-13-16(15-7-3-4-8-17(15)20-13)12-19(2)14-6-5-10-18-11-9-14;/h3-4,7-8,14,18H,5-6,9-12H2,1-2H3;1H. The molecule has 0 bridgehead atoms. The molecular weight excluding hydrogens is 284 g/mol. The van der Waals surface area contributed by atoms with Gasteiger partial charge in [0.25, 0.3) is 0 Å². The summed E-state index contributed by atoms with van der Waals surface area (Å²) in [5, 5.41) is 4.75. The maximum Gasteiger partial charge on any atom is 0.134 e. The molecule has 0 saturated carbocycles. The van der Waals surface area contributed by atoms with Gasteiger partial charge >= 0.3 is 0 Å². The van der Waals surface area contributed by atoms with Crippen LogP contribution in [0.1, 0.15) is 30.6 Å². The first-order valence-electron chi connectivity index (χ1n) is 7.63. The Labute approximate surface area is 133 Å². The van der Waals surface area contributed by atoms with Crippen molar-refractivity contribution >= 4 is 23.4 Å². The van der Waals surface area contributed by atoms with Gasteiger partial charge in [0.15, 0.2) is 0 Å². The molecule has 0 radical (unpaired) electrons. The van der Waals surface area contributed by atoms with Crippen molar-refractivity contribution in [3.05, 3.63) is 35.6 Å². The molecule has 1 aliphatic heterocycles. The van der Waals surface area contributed by atoms with E-state index in [1.54, 1.807) is 0 Å². The number of para-hydroxylation sites is 1. The van der Waals surface area contributed by atoms with Crippen LogP contribution in [0.15, 0.2) is 28.7 Å². The van der Waals surface area contributed by atoms with Gasteiger partial charge in [-0.1, -0.05) is 18.2 Å². The Kier molecular flexibility index (Phi) is 5.68. The molecule has 2 heterocycles. The highest BCUT2D eigenvalue weighted by Crippen LogP contribution is 2.27. The van der Waals surface area contributed by atoms with E-state index >= 15 is 0 Å². The van der Waals surface area contributed by atoms with E-state index in [-0.39, 0.29) is 12.4 Å². The number of nitrogens with zero attached hydrogens (tertiary/aromatic N) is 1. The number of benzene rings is 1. The number of halogens is 1. The maximum atomic E-state index is 5.87. The zero-order chi connectivity index (χ0) is 13.9. The van der Waals surface area contributed by atoms with Crippen LogP contribution in [-0.4, -0.2) is 31.1 Å². The van der Waals surface area contributed by atoms with Crippen molar-refractivity contribution in [3.63, 3.8) is 0 Å². The highest BCUT2D eigenvalue weighted by Gasteiger charge is 2.19. The summed E-state index contributed by atoms with van der Waals surface area (Å²) in [6.07, 6.45) is 3.81. The number of aryl methyl sites for hydroxylation is 1. The van der Waals surface area contributed by atoms with Gasteiger partial charge in [-0.15, -0.1) is 12.4 Å². The highest BCUT2D eigenvalue weighted by molar-refractivity contribution is 5.85. The van der Waals surface area contributed by atoms with Crippen molar-refractivity contribution in [2.45, 2.75) is 38.8 Å². The summed E-state index contributed by atoms with van der Waals surface area (Å²) in [6.45, 7) is 5.36. The minimum Gasteiger partial charge on any atom is -0.461 e. The summed E-state index contributed by atoms with van der Waals surface area (Å²) in [5.41, 5.74) is 2.36. The van der Waals surface area contributed by atoms with Crippen LogP contribution in [-0.2, 0) is 6.54 Å². The third kappa shape index (κ3) is 3.60. The topological polar surface area (TPSA) is 28.4 Å². The van der Waals surface area contributed by atoms with E-state index in [4.69, 9.17) is 4.42 Å². The molecule has 1 aliphatic rings. The van der Waals surface area contributed by atoms with Gasteiger partial charge in [0.2, 0.25) is 0 Å². The van der Waals surface area contributed by atoms with Gasteiger partial charge in [-0.25, -0.2) is 0 Å². The lowest BCUT2D eigenvalue weighted by Crippen LogP contribution is -2.32. The van der Waals surface area contributed by atoms with Crippen molar-refractivity contribution < 1.29 is 4.42 Å². The second-order valence-corrected chi connectivity index (χ2v) is 5.88. The van der Waals surface area contributed by atoms with Crippen LogP contribution in [0.5, 0.6) is 0 Å². The molecule has 1 unspecified atom stereocenters. The van der Waals surface area contributed by atoms with Crippen molar-refractivity contribution in [1.82, 2.24) is 10.2 Å². The Morgan fingerprint density at radius 1 is 1.24 bits per heavy atom. The van der Waals surface area contributed by atoms with Crippen molar-refractivity contribution in [3.8, 4) is 0 Å². The van der Waals surface area contributed by atoms with Gasteiger partial charge in [0, 0.05) is 23.5 Å². The molecule has 0 aliphatic carbocycles. The van der Waals surface area contributed by atoms with Gasteiger partial charge in [0.05, 0.1) is 0 Å². The number of hydrogen-bond acceptors (Lipinski definition) is 3. The largest absolute Gasteiger partial charge is 0.461 e. The second-order valence-electron chi connectivity index (χ2n) is 5.88. The zero-order valence-electron chi connectivity index (χ0n) is 12.9. The fourth-order valence-electron chi connectivity index (χ4n) is 3.24. The highest BCUT2D eigenvalue weighted by atomic mass is 35.5. The van der Waals surface area contributed by atoms with E-state index in [1.165, 1.54) is 30.2 Å². The molecule has 116 valence electrons. The first-order chi connectivity index (χ1) is 9.75. The molecule has 1 fully saturated rings. The minimum absolute atomic E-state index is 0. The maximum absolute atomic E-state index is 5.87. The van der Waals surface area contributed by atoms with Crippen LogP contribution in [0.25, 0.3) is 11.0 Å². The smallest absolute Gasteiger partial charge is 0.134 e. The van der Waals surface area contributed by atoms with E-state index in [1.807, 2.05) is 6.07 Å². The third-order valence-electron chi connectivity index (χ3n) is 4.48. The van der Waals surface area contributed by atoms with E-state index in [2.05, 4.69) is 42.4 Å². The molecule has 1 aromatic carbocycles. The molecule has 4 heteroatoms. The van der Waals surface area contributed by atoms with Crippen molar-refractivity contribution in [1.29, 1.82) is 0 Å². The van der Waals surface area contributed by atoms with Crippen LogP contribution in [0.4, 0.5) is 0 Å². The summed E-state index contributed by atoms with van der Waals surface area (Å²) < 4.78 is 5.87. The Bertz CT molecular complexity index is 573. The molecule has 21 heavy (non-hydrogen) atoms. The lowest BCUT2D eigenvalue weighted by atomic mass is 10.1. The van der Waals surface area contributed by atoms with Crippen molar-refractivity contribution in [2.24, 2.45) is 0 Å². The first-order valence-corrected chi connectivity index (χ1v) is 7.63. The molecule has 1 aromatic heterocycles. The quantitative estimate of drug-likeness (QED) is 0.936. The summed E-state index contributed by atoms with van der Waals surface area (Å²) in [7, 11) is 2.25. The van der Waals surface area contributed by atoms with Gasteiger partial charge in [-0.05, 0) is 52.4 Å². The van der Waals surface area contributed by atoms with Crippen molar-refractivity contribution in [2.75, 3.05) is 20.1 Å². The van der Waals surface area contributed by atoms with Crippen LogP contribution in [0, 0.1) is 6.92 Å². The summed E-state index contributed by atoms with van der Waals surface area (Å²) in [6, 6.07) is 9.04. The molecule has 1 saturated heterocycles. The molecule has 0 spiro atoms. The Balaban J connectivity index is 0.00000161. The molecule has 2 aromatic rings. The predicted molar refractivity (Wildman–Crippen MR) is 90.2 cm³/mol. The van der Waals surface area contributed by atoms with Crippen LogP contribution in [0.2, 0.25) is 0 Å². The summed E-state index contributed by atoms with van der Waals surface area (Å²) >= 11 is 0. The van der Waals surface area contributed by atoms with E-state index in [9.17, 15) is 0 Å². The zero-order valence-corrected chi connectivity index (χ0v) is 13.7. The molecule has 0 amide bonds. The number of nitrogens with one attached hydrogen (secondary N) is 1. The number of rotatable bonds is 3. The molecule has 3 nitrogen and oxygen atoms in total. The lowest BCUT2D eigenvalue weighted by molar-refractivity contribution is 0.216.